The molecule has 0 bridgehead atoms. The smallest absolute Gasteiger partial charge is 0.351 e. The molecular weight excluding hydrogens is 221 g/mol. The molecule has 0 amide bonds. The van der Waals surface area contributed by atoms with Crippen LogP contribution in [0.4, 0.5) is 19.0 Å². The molecule has 2 rings (SSSR count). The minimum atomic E-state index is -4.44. The Hall–Kier alpha value is -1.37. The first-order chi connectivity index (χ1) is 7.28. The molecule has 1 aliphatic heterocycles. The molecule has 0 aromatic carbocycles. The molecule has 0 radical (unpaired) electrons. The lowest BCUT2D eigenvalue weighted by atomic mass is 9.94. The molecule has 0 saturated carbocycles. The molecule has 7 heteroatoms. The highest BCUT2D eigenvalue weighted by molar-refractivity contribution is 5.43. The van der Waals surface area contributed by atoms with Crippen molar-refractivity contribution in [1.82, 2.24) is 10.2 Å². The summed E-state index contributed by atoms with van der Waals surface area (Å²) in [4.78, 5) is 1.78. The summed E-state index contributed by atoms with van der Waals surface area (Å²) in [6.07, 6.45) is -4.44. The van der Waals surface area contributed by atoms with Gasteiger partial charge in [-0.2, -0.15) is 13.2 Å². The third-order valence-corrected chi connectivity index (χ3v) is 2.37. The Morgan fingerprint density at radius 2 is 1.94 bits per heavy atom. The summed E-state index contributed by atoms with van der Waals surface area (Å²) in [5.74, 6) is 0.427. The van der Waals surface area contributed by atoms with Gasteiger partial charge in [-0.25, -0.2) is 0 Å². The summed E-state index contributed by atoms with van der Waals surface area (Å²) in [7, 11) is 0. The molecule has 88 valence electrons. The third kappa shape index (κ3) is 2.08. The van der Waals surface area contributed by atoms with E-state index < -0.39 is 11.9 Å². The number of aromatic nitrogens is 2. The van der Waals surface area contributed by atoms with Crippen LogP contribution < -0.4 is 10.6 Å². The van der Waals surface area contributed by atoms with E-state index >= 15 is 0 Å². The van der Waals surface area contributed by atoms with E-state index in [0.29, 0.717) is 18.9 Å². The fourth-order valence-corrected chi connectivity index (χ4v) is 1.63. The van der Waals surface area contributed by atoms with Crippen molar-refractivity contribution in [2.45, 2.75) is 18.6 Å². The van der Waals surface area contributed by atoms with E-state index in [1.165, 1.54) is 6.07 Å². The zero-order chi connectivity index (χ0) is 12.0. The van der Waals surface area contributed by atoms with E-state index in [2.05, 4.69) is 10.2 Å². The average Bonchev–Trinajstić information content (AvgIpc) is 2.13. The Balaban J connectivity index is 2.10. The standard InChI is InChI=1S/C9H11F3N4/c1-8(13)4-16(5-8)7-3-2-6(14-15-7)9(10,11)12/h2-3H,4-5,13H2,1H3. The van der Waals surface area contributed by atoms with Crippen LogP contribution in [0.25, 0.3) is 0 Å². The van der Waals surface area contributed by atoms with Gasteiger partial charge in [0.1, 0.15) is 0 Å². The van der Waals surface area contributed by atoms with Crippen molar-refractivity contribution in [2.75, 3.05) is 18.0 Å². The molecule has 0 aliphatic carbocycles. The maximum absolute atomic E-state index is 12.2. The Labute approximate surface area is 90.3 Å². The maximum Gasteiger partial charge on any atom is 0.435 e. The van der Waals surface area contributed by atoms with Crippen molar-refractivity contribution in [3.05, 3.63) is 17.8 Å². The Morgan fingerprint density at radius 3 is 2.31 bits per heavy atom. The first-order valence-corrected chi connectivity index (χ1v) is 4.73. The lowest BCUT2D eigenvalue weighted by molar-refractivity contribution is -0.141. The Bertz CT molecular complexity index is 377. The highest BCUT2D eigenvalue weighted by Gasteiger charge is 2.37. The van der Waals surface area contributed by atoms with E-state index in [-0.39, 0.29) is 5.54 Å². The molecule has 16 heavy (non-hydrogen) atoms. The third-order valence-electron chi connectivity index (χ3n) is 2.37. The Morgan fingerprint density at radius 1 is 1.31 bits per heavy atom. The van der Waals surface area contributed by atoms with Crippen LogP contribution in [0.1, 0.15) is 12.6 Å². The van der Waals surface area contributed by atoms with Crippen LogP contribution in [0.5, 0.6) is 0 Å². The number of halogens is 3. The van der Waals surface area contributed by atoms with Crippen molar-refractivity contribution < 1.29 is 13.2 Å². The predicted molar refractivity (Wildman–Crippen MR) is 51.8 cm³/mol. The minimum absolute atomic E-state index is 0.287. The summed E-state index contributed by atoms with van der Waals surface area (Å²) >= 11 is 0. The molecule has 0 atom stereocenters. The molecule has 0 spiro atoms. The van der Waals surface area contributed by atoms with Gasteiger partial charge in [0.25, 0.3) is 0 Å². The fourth-order valence-electron chi connectivity index (χ4n) is 1.63. The van der Waals surface area contributed by atoms with Gasteiger partial charge in [0.15, 0.2) is 11.5 Å². The van der Waals surface area contributed by atoms with Crippen molar-refractivity contribution in [3.8, 4) is 0 Å². The molecule has 0 unspecified atom stereocenters. The van der Waals surface area contributed by atoms with E-state index in [9.17, 15) is 13.2 Å². The highest BCUT2D eigenvalue weighted by Crippen LogP contribution is 2.29. The molecule has 1 fully saturated rings. The fraction of sp³-hybridized carbons (Fsp3) is 0.556. The number of nitrogens with zero attached hydrogens (tertiary/aromatic N) is 3. The average molecular weight is 232 g/mol. The van der Waals surface area contributed by atoms with Crippen LogP contribution in [-0.2, 0) is 6.18 Å². The minimum Gasteiger partial charge on any atom is -0.351 e. The van der Waals surface area contributed by atoms with Crippen molar-refractivity contribution in [2.24, 2.45) is 5.73 Å². The molecule has 2 N–H and O–H groups in total. The van der Waals surface area contributed by atoms with Gasteiger partial charge >= 0.3 is 6.18 Å². The summed E-state index contributed by atoms with van der Waals surface area (Å²) in [5.41, 5.74) is 4.51. The molecule has 4 nitrogen and oxygen atoms in total. The van der Waals surface area contributed by atoms with Crippen LogP contribution >= 0.6 is 0 Å². The molecule has 1 aromatic heterocycles. The van der Waals surface area contributed by atoms with Gasteiger partial charge in [0.05, 0.1) is 0 Å². The molecule has 1 aliphatic rings. The van der Waals surface area contributed by atoms with Gasteiger partial charge < -0.3 is 10.6 Å². The summed E-state index contributed by atoms with van der Waals surface area (Å²) in [5, 5.41) is 6.68. The summed E-state index contributed by atoms with van der Waals surface area (Å²) in [6, 6.07) is 2.24. The highest BCUT2D eigenvalue weighted by atomic mass is 19.4. The summed E-state index contributed by atoms with van der Waals surface area (Å²) < 4.78 is 36.6. The largest absolute Gasteiger partial charge is 0.435 e. The van der Waals surface area contributed by atoms with Crippen molar-refractivity contribution in [3.63, 3.8) is 0 Å². The molecule has 1 aromatic rings. The van der Waals surface area contributed by atoms with E-state index in [0.717, 1.165) is 6.07 Å². The number of alkyl halides is 3. The topological polar surface area (TPSA) is 55.0 Å². The van der Waals surface area contributed by atoms with E-state index in [4.69, 9.17) is 5.73 Å². The quantitative estimate of drug-likeness (QED) is 0.785. The first kappa shape index (κ1) is 11.1. The van der Waals surface area contributed by atoms with Crippen LogP contribution in [-0.4, -0.2) is 28.8 Å². The second-order valence-corrected chi connectivity index (χ2v) is 4.28. The van der Waals surface area contributed by atoms with E-state index in [1.54, 1.807) is 4.90 Å². The molecular formula is C9H11F3N4. The van der Waals surface area contributed by atoms with Crippen LogP contribution in [0.2, 0.25) is 0 Å². The second-order valence-electron chi connectivity index (χ2n) is 4.28. The van der Waals surface area contributed by atoms with Crippen molar-refractivity contribution in [1.29, 1.82) is 0 Å². The zero-order valence-electron chi connectivity index (χ0n) is 8.62. The van der Waals surface area contributed by atoms with Gasteiger partial charge in [-0.05, 0) is 19.1 Å². The number of nitrogens with two attached hydrogens (primary N) is 1. The van der Waals surface area contributed by atoms with Gasteiger partial charge in [0.2, 0.25) is 0 Å². The van der Waals surface area contributed by atoms with Gasteiger partial charge in [-0.15, -0.1) is 10.2 Å². The normalized spacial score (nSPS) is 19.4. The van der Waals surface area contributed by atoms with E-state index in [1.807, 2.05) is 6.92 Å². The first-order valence-electron chi connectivity index (χ1n) is 4.73. The lowest BCUT2D eigenvalue weighted by Crippen LogP contribution is -2.65. The van der Waals surface area contributed by atoms with Crippen LogP contribution in [0.15, 0.2) is 12.1 Å². The number of anilines is 1. The zero-order valence-corrected chi connectivity index (χ0v) is 8.62. The van der Waals surface area contributed by atoms with Gasteiger partial charge in [0, 0.05) is 18.6 Å². The SMILES string of the molecule is CC1(N)CN(c2ccc(C(F)(F)F)nn2)C1. The number of rotatable bonds is 1. The molecule has 1 saturated heterocycles. The molecule has 2 heterocycles. The van der Waals surface area contributed by atoms with Gasteiger partial charge in [-0.3, -0.25) is 0 Å². The number of hydrogen-bond acceptors (Lipinski definition) is 4. The second kappa shape index (κ2) is 3.31. The van der Waals surface area contributed by atoms with Crippen LogP contribution in [0.3, 0.4) is 0 Å². The predicted octanol–water partition coefficient (Wildman–Crippen LogP) is 1.03. The summed E-state index contributed by atoms with van der Waals surface area (Å²) in [6.45, 7) is 3.03. The lowest BCUT2D eigenvalue weighted by Gasteiger charge is -2.45. The maximum atomic E-state index is 12.2. The Kier molecular flexibility index (Phi) is 2.30. The van der Waals surface area contributed by atoms with Gasteiger partial charge in [-0.1, -0.05) is 0 Å². The number of hydrogen-bond donors (Lipinski definition) is 1. The van der Waals surface area contributed by atoms with Crippen molar-refractivity contribution >= 4 is 5.82 Å². The van der Waals surface area contributed by atoms with Crippen LogP contribution in [0, 0.1) is 0 Å². The monoisotopic (exact) mass is 232 g/mol.